The normalized spacial score (nSPS) is 16.2. The molecule has 1 aliphatic rings. The molecule has 0 aromatic rings. The summed E-state index contributed by atoms with van der Waals surface area (Å²) < 4.78 is 0. The van der Waals surface area contributed by atoms with Crippen molar-refractivity contribution in [3.05, 3.63) is 0 Å². The van der Waals surface area contributed by atoms with Crippen molar-refractivity contribution in [3.63, 3.8) is 0 Å². The summed E-state index contributed by atoms with van der Waals surface area (Å²) in [7, 11) is 0. The molecule has 1 rings (SSSR count). The molecule has 0 saturated carbocycles. The van der Waals surface area contributed by atoms with E-state index in [0.717, 1.165) is 0 Å². The second kappa shape index (κ2) is 3.79. The van der Waals surface area contributed by atoms with E-state index in [1.54, 1.807) is 0 Å². The van der Waals surface area contributed by atoms with Crippen LogP contribution in [-0.4, -0.2) is 36.1 Å². The highest BCUT2D eigenvalue weighted by Gasteiger charge is 2.32. The van der Waals surface area contributed by atoms with Crippen molar-refractivity contribution in [3.8, 4) is 0 Å². The van der Waals surface area contributed by atoms with Gasteiger partial charge in [0.05, 0.1) is 0 Å². The zero-order chi connectivity index (χ0) is 9.84. The van der Waals surface area contributed by atoms with Crippen molar-refractivity contribution in [1.82, 2.24) is 5.06 Å². The Morgan fingerprint density at radius 1 is 1.46 bits per heavy atom. The van der Waals surface area contributed by atoms with Crippen molar-refractivity contribution in [2.75, 3.05) is 6.54 Å². The predicted molar refractivity (Wildman–Crippen MR) is 41.6 cm³/mol. The van der Waals surface area contributed by atoms with Gasteiger partial charge in [-0.25, -0.2) is 4.79 Å². The van der Waals surface area contributed by atoms with Gasteiger partial charge in [0.1, 0.15) is 6.54 Å². The lowest BCUT2D eigenvalue weighted by Gasteiger charge is -2.10. The van der Waals surface area contributed by atoms with Gasteiger partial charge >= 0.3 is 5.97 Å². The van der Waals surface area contributed by atoms with Crippen LogP contribution in [0.2, 0.25) is 0 Å². The van der Waals surface area contributed by atoms with Crippen LogP contribution in [0.5, 0.6) is 0 Å². The first kappa shape index (κ1) is 9.37. The van der Waals surface area contributed by atoms with E-state index in [-0.39, 0.29) is 19.4 Å². The Bertz CT molecular complexity index is 258. The molecular weight excluding hydrogens is 176 g/mol. The lowest BCUT2D eigenvalue weighted by Crippen LogP contribution is -2.32. The third-order valence-electron chi connectivity index (χ3n) is 1.44. The molecule has 1 saturated heterocycles. The van der Waals surface area contributed by atoms with E-state index < -0.39 is 17.8 Å². The molecule has 70 valence electrons. The lowest BCUT2D eigenvalue weighted by molar-refractivity contribution is -0.196. The van der Waals surface area contributed by atoms with Crippen molar-refractivity contribution in [1.29, 1.82) is 0 Å². The smallest absolute Gasteiger partial charge is 0.328 e. The molecule has 0 aromatic carbocycles. The molecule has 0 radical (unpaired) electrons. The largest absolute Gasteiger partial charge is 0.354 e. The van der Waals surface area contributed by atoms with Gasteiger partial charge in [0.15, 0.2) is 0 Å². The van der Waals surface area contributed by atoms with Crippen LogP contribution in [0.3, 0.4) is 0 Å². The molecular formula is C7H8N2O4. The molecule has 13 heavy (non-hydrogen) atoms. The summed E-state index contributed by atoms with van der Waals surface area (Å²) in [5, 5.41) is 0.480. The van der Waals surface area contributed by atoms with Crippen LogP contribution in [0.1, 0.15) is 12.8 Å². The second-order valence-corrected chi connectivity index (χ2v) is 2.43. The molecule has 1 aliphatic heterocycles. The van der Waals surface area contributed by atoms with Gasteiger partial charge < -0.3 is 4.84 Å². The molecule has 2 amide bonds. The number of carbonyl (C=O) groups excluding carboxylic acids is 3. The molecule has 0 bridgehead atoms. The molecule has 0 atom stereocenters. The van der Waals surface area contributed by atoms with E-state index in [2.05, 4.69) is 16.5 Å². The van der Waals surface area contributed by atoms with Crippen LogP contribution < -0.4 is 0 Å². The van der Waals surface area contributed by atoms with Crippen LogP contribution >= 0.6 is 0 Å². The SMILES string of the molecule is C=NCC(=O)ON1C(=O)CCC1=O. The fraction of sp³-hybridized carbons (Fsp3) is 0.429. The van der Waals surface area contributed by atoms with Crippen molar-refractivity contribution >= 4 is 24.5 Å². The summed E-state index contributed by atoms with van der Waals surface area (Å²) >= 11 is 0. The maximum Gasteiger partial charge on any atom is 0.354 e. The Kier molecular flexibility index (Phi) is 2.73. The van der Waals surface area contributed by atoms with Crippen molar-refractivity contribution in [2.24, 2.45) is 4.99 Å². The maximum atomic E-state index is 10.9. The van der Waals surface area contributed by atoms with Gasteiger partial charge in [-0.15, -0.1) is 5.06 Å². The highest BCUT2D eigenvalue weighted by Crippen LogP contribution is 2.11. The molecule has 0 N–H and O–H groups in total. The highest BCUT2D eigenvalue weighted by atomic mass is 16.7. The number of nitrogens with zero attached hydrogens (tertiary/aromatic N) is 2. The number of hydrogen-bond donors (Lipinski definition) is 0. The van der Waals surface area contributed by atoms with Crippen LogP contribution in [0.4, 0.5) is 0 Å². The molecule has 1 fully saturated rings. The lowest BCUT2D eigenvalue weighted by atomic mass is 10.4. The number of hydroxylamine groups is 2. The topological polar surface area (TPSA) is 76.0 Å². The predicted octanol–water partition coefficient (Wildman–Crippen LogP) is -0.706. The molecule has 6 heteroatoms. The minimum Gasteiger partial charge on any atom is -0.328 e. The van der Waals surface area contributed by atoms with Gasteiger partial charge in [-0.3, -0.25) is 14.6 Å². The zero-order valence-electron chi connectivity index (χ0n) is 6.86. The van der Waals surface area contributed by atoms with Crippen LogP contribution in [0, 0.1) is 0 Å². The van der Waals surface area contributed by atoms with E-state index in [1.165, 1.54) is 0 Å². The Morgan fingerprint density at radius 3 is 2.46 bits per heavy atom. The second-order valence-electron chi connectivity index (χ2n) is 2.43. The van der Waals surface area contributed by atoms with Gasteiger partial charge in [-0.2, -0.15) is 0 Å². The Balaban J connectivity index is 2.52. The standard InChI is InChI=1S/C7H8N2O4/c1-8-4-7(12)13-9-5(10)2-3-6(9)11/h1-4H2. The minimum atomic E-state index is -0.765. The summed E-state index contributed by atoms with van der Waals surface area (Å²) in [6, 6.07) is 0. The van der Waals surface area contributed by atoms with Gasteiger partial charge in [-0.1, -0.05) is 0 Å². The fourth-order valence-electron chi connectivity index (χ4n) is 0.880. The monoisotopic (exact) mass is 184 g/mol. The number of amides is 2. The van der Waals surface area contributed by atoms with Crippen molar-refractivity contribution in [2.45, 2.75) is 12.8 Å². The Morgan fingerprint density at radius 2 is 2.00 bits per heavy atom. The van der Waals surface area contributed by atoms with Gasteiger partial charge in [0.2, 0.25) is 0 Å². The quantitative estimate of drug-likeness (QED) is 0.429. The summed E-state index contributed by atoms with van der Waals surface area (Å²) in [6.45, 7) is 2.81. The van der Waals surface area contributed by atoms with Gasteiger partial charge in [0.25, 0.3) is 11.8 Å². The summed E-state index contributed by atoms with van der Waals surface area (Å²) in [6.07, 6.45) is 0.182. The molecule has 1 heterocycles. The summed E-state index contributed by atoms with van der Waals surface area (Å²) in [5.41, 5.74) is 0. The maximum absolute atomic E-state index is 10.9. The van der Waals surface area contributed by atoms with Crippen molar-refractivity contribution < 1.29 is 19.2 Å². The Labute approximate surface area is 74.1 Å². The fourth-order valence-corrected chi connectivity index (χ4v) is 0.880. The highest BCUT2D eigenvalue weighted by molar-refractivity contribution is 6.01. The van der Waals surface area contributed by atoms with E-state index >= 15 is 0 Å². The van der Waals surface area contributed by atoms with Gasteiger partial charge in [0, 0.05) is 12.8 Å². The molecule has 6 nitrogen and oxygen atoms in total. The number of aliphatic imine (C=N–C) groups is 1. The first-order valence-electron chi connectivity index (χ1n) is 3.64. The van der Waals surface area contributed by atoms with E-state index in [9.17, 15) is 14.4 Å². The summed E-state index contributed by atoms with van der Waals surface area (Å²) in [4.78, 5) is 40.3. The average molecular weight is 184 g/mol. The van der Waals surface area contributed by atoms with E-state index in [0.29, 0.717) is 5.06 Å². The molecule has 0 spiro atoms. The number of rotatable bonds is 3. The van der Waals surface area contributed by atoms with Crippen LogP contribution in [0.15, 0.2) is 4.99 Å². The first-order chi connectivity index (χ1) is 6.15. The average Bonchev–Trinajstić information content (AvgIpc) is 2.36. The van der Waals surface area contributed by atoms with Gasteiger partial charge in [-0.05, 0) is 6.72 Å². The van der Waals surface area contributed by atoms with Crippen LogP contribution in [0.25, 0.3) is 0 Å². The van der Waals surface area contributed by atoms with E-state index in [4.69, 9.17) is 0 Å². The molecule has 0 aliphatic carbocycles. The zero-order valence-corrected chi connectivity index (χ0v) is 6.86. The van der Waals surface area contributed by atoms with Crippen LogP contribution in [-0.2, 0) is 19.2 Å². The third kappa shape index (κ3) is 2.11. The Hall–Kier alpha value is -1.72. The molecule has 0 aromatic heterocycles. The third-order valence-corrected chi connectivity index (χ3v) is 1.44. The number of hydrogen-bond acceptors (Lipinski definition) is 5. The first-order valence-corrected chi connectivity index (χ1v) is 3.64. The number of imide groups is 1. The minimum absolute atomic E-state index is 0.0909. The molecule has 0 unspecified atom stereocenters. The van der Waals surface area contributed by atoms with E-state index in [1.807, 2.05) is 0 Å². The number of carbonyl (C=O) groups is 3. The summed E-state index contributed by atoms with van der Waals surface area (Å²) in [5.74, 6) is -1.76.